The number of rotatable bonds is 5. The summed E-state index contributed by atoms with van der Waals surface area (Å²) in [6.07, 6.45) is 5.66. The maximum atomic E-state index is 13.8. The highest BCUT2D eigenvalue weighted by atomic mass is 19.1. The first kappa shape index (κ1) is 26.5. The van der Waals surface area contributed by atoms with Gasteiger partial charge in [-0.25, -0.2) is 9.59 Å². The third-order valence-corrected chi connectivity index (χ3v) is 8.71. The second-order valence-corrected chi connectivity index (χ2v) is 11.3. The lowest BCUT2D eigenvalue weighted by Gasteiger charge is -2.51. The van der Waals surface area contributed by atoms with Crippen molar-refractivity contribution in [2.75, 3.05) is 26.2 Å². The summed E-state index contributed by atoms with van der Waals surface area (Å²) < 4.78 is 20.9. The average Bonchev–Trinajstić information content (AvgIpc) is 3.41. The molecular weight excluding hydrogens is 501 g/mol. The molecule has 3 N–H and O–H groups in total. The van der Waals surface area contributed by atoms with E-state index in [2.05, 4.69) is 5.32 Å². The van der Waals surface area contributed by atoms with Gasteiger partial charge < -0.3 is 20.1 Å². The van der Waals surface area contributed by atoms with Crippen molar-refractivity contribution in [2.24, 2.45) is 0 Å². The van der Waals surface area contributed by atoms with Crippen LogP contribution in [0, 0.1) is 5.82 Å². The zero-order chi connectivity index (χ0) is 27.3. The van der Waals surface area contributed by atoms with E-state index in [0.717, 1.165) is 23.6 Å². The molecule has 4 fully saturated rings. The number of likely N-dealkylation sites (tertiary alicyclic amines) is 1. The Bertz CT molecular complexity index is 1240. The van der Waals surface area contributed by atoms with Crippen molar-refractivity contribution in [3.63, 3.8) is 0 Å². The van der Waals surface area contributed by atoms with Crippen LogP contribution in [0.5, 0.6) is 0 Å². The van der Waals surface area contributed by atoms with E-state index >= 15 is 0 Å². The van der Waals surface area contributed by atoms with Gasteiger partial charge >= 0.3 is 11.7 Å². The molecule has 0 aromatic carbocycles. The number of nitrogens with zero attached hydrogens (tertiary/aromatic N) is 3. The molecule has 3 aliphatic heterocycles. The Kier molecular flexibility index (Phi) is 6.70. The lowest BCUT2D eigenvalue weighted by molar-refractivity contribution is -0.198. The molecule has 5 rings (SSSR count). The lowest BCUT2D eigenvalue weighted by Crippen LogP contribution is -2.59. The van der Waals surface area contributed by atoms with Gasteiger partial charge in [0, 0.05) is 32.5 Å². The first-order valence-corrected chi connectivity index (χ1v) is 13.2. The molecule has 1 aromatic heterocycles. The van der Waals surface area contributed by atoms with Gasteiger partial charge in [0.1, 0.15) is 5.54 Å². The van der Waals surface area contributed by atoms with Crippen LogP contribution in [0.2, 0.25) is 0 Å². The van der Waals surface area contributed by atoms with Crippen molar-refractivity contribution >= 4 is 17.8 Å². The molecule has 4 amide bonds. The van der Waals surface area contributed by atoms with Gasteiger partial charge in [0.05, 0.1) is 30.0 Å². The second-order valence-electron chi connectivity index (χ2n) is 11.3. The van der Waals surface area contributed by atoms with Crippen LogP contribution in [-0.2, 0) is 14.3 Å². The number of aliphatic hydroxyl groups is 1. The SMILES string of the molecule is C[C@@]1(O)CC2(CCN(C(=O)CCCN3C(=O)NC4(CCCC4)C3=O)CC2)OC[C@H]1n1cc(F)c(=O)[nH]c1=O. The van der Waals surface area contributed by atoms with E-state index in [9.17, 15) is 33.5 Å². The quantitative estimate of drug-likeness (QED) is 0.461. The summed E-state index contributed by atoms with van der Waals surface area (Å²) in [5.74, 6) is -1.38. The number of H-pyrrole nitrogens is 1. The highest BCUT2D eigenvalue weighted by Gasteiger charge is 2.52. The molecule has 0 bridgehead atoms. The number of carbonyl (C=O) groups excluding carboxylic acids is 3. The molecule has 2 spiro atoms. The Morgan fingerprint density at radius 1 is 1.16 bits per heavy atom. The van der Waals surface area contributed by atoms with Gasteiger partial charge in [0.2, 0.25) is 11.7 Å². The summed E-state index contributed by atoms with van der Waals surface area (Å²) >= 11 is 0. The fourth-order valence-corrected chi connectivity index (χ4v) is 6.56. The number of aromatic nitrogens is 2. The fourth-order valence-electron chi connectivity index (χ4n) is 6.56. The van der Waals surface area contributed by atoms with Crippen LogP contribution >= 0.6 is 0 Å². The summed E-state index contributed by atoms with van der Waals surface area (Å²) in [7, 11) is 0. The summed E-state index contributed by atoms with van der Waals surface area (Å²) in [6.45, 7) is 2.53. The Morgan fingerprint density at radius 2 is 1.84 bits per heavy atom. The average molecular weight is 536 g/mol. The van der Waals surface area contributed by atoms with Crippen LogP contribution in [0.15, 0.2) is 15.8 Å². The number of carbonyl (C=O) groups is 3. The third-order valence-electron chi connectivity index (χ3n) is 8.71. The van der Waals surface area contributed by atoms with Crippen molar-refractivity contribution in [3.8, 4) is 0 Å². The van der Waals surface area contributed by atoms with Gasteiger partial charge in [0.15, 0.2) is 0 Å². The standard InChI is InChI=1S/C25H34FN5O7/c1-23(37)15-24(38-14-17(23)31-13-16(26)19(33)27-21(31)35)8-11-29(12-9-24)18(32)5-4-10-30-20(34)25(28-22(30)36)6-2-3-7-25/h13,17,37H,2-12,14-15H2,1H3,(H,28,36)(H,27,33,35)/t17-,23-/m1/s1. The first-order chi connectivity index (χ1) is 18.0. The van der Waals surface area contributed by atoms with Crippen LogP contribution in [-0.4, -0.2) is 85.3 Å². The van der Waals surface area contributed by atoms with Crippen molar-refractivity contribution in [1.29, 1.82) is 0 Å². The smallest absolute Gasteiger partial charge is 0.328 e. The summed E-state index contributed by atoms with van der Waals surface area (Å²) in [5.41, 5.74) is -4.81. The minimum absolute atomic E-state index is 0.0558. The second kappa shape index (κ2) is 9.60. The van der Waals surface area contributed by atoms with E-state index in [-0.39, 0.29) is 43.8 Å². The maximum Gasteiger partial charge on any atom is 0.328 e. The predicted molar refractivity (Wildman–Crippen MR) is 131 cm³/mol. The number of halogens is 1. The number of urea groups is 1. The van der Waals surface area contributed by atoms with Gasteiger partial charge in [-0.1, -0.05) is 12.8 Å². The molecule has 38 heavy (non-hydrogen) atoms. The molecule has 1 aromatic rings. The number of aromatic amines is 1. The monoisotopic (exact) mass is 535 g/mol. The van der Waals surface area contributed by atoms with Crippen LogP contribution < -0.4 is 16.6 Å². The molecule has 0 unspecified atom stereocenters. The Labute approximate surface area is 218 Å². The molecule has 208 valence electrons. The van der Waals surface area contributed by atoms with E-state index < -0.39 is 39.8 Å². The topological polar surface area (TPSA) is 154 Å². The molecule has 1 aliphatic carbocycles. The zero-order valence-corrected chi connectivity index (χ0v) is 21.5. The third kappa shape index (κ3) is 4.66. The number of imide groups is 1. The van der Waals surface area contributed by atoms with E-state index in [1.807, 2.05) is 4.98 Å². The molecule has 4 heterocycles. The highest BCUT2D eigenvalue weighted by molar-refractivity contribution is 6.07. The van der Waals surface area contributed by atoms with Gasteiger partial charge in [-0.2, -0.15) is 4.39 Å². The zero-order valence-electron chi connectivity index (χ0n) is 21.5. The van der Waals surface area contributed by atoms with Crippen molar-refractivity contribution in [3.05, 3.63) is 32.9 Å². The predicted octanol–water partition coefficient (Wildman–Crippen LogP) is 0.394. The van der Waals surface area contributed by atoms with Crippen LogP contribution in [0.1, 0.15) is 70.8 Å². The summed E-state index contributed by atoms with van der Waals surface area (Å²) in [5, 5.41) is 14.1. The van der Waals surface area contributed by atoms with Crippen LogP contribution in [0.25, 0.3) is 0 Å². The Balaban J connectivity index is 1.13. The van der Waals surface area contributed by atoms with Crippen LogP contribution in [0.3, 0.4) is 0 Å². The van der Waals surface area contributed by atoms with Crippen molar-refractivity contribution < 1.29 is 28.6 Å². The molecule has 4 aliphatic rings. The summed E-state index contributed by atoms with van der Waals surface area (Å²) in [6, 6.07) is -1.27. The molecule has 13 heteroatoms. The first-order valence-electron chi connectivity index (χ1n) is 13.2. The Hall–Kier alpha value is -3.06. The number of ether oxygens (including phenoxy) is 1. The van der Waals surface area contributed by atoms with Gasteiger partial charge in [-0.05, 0) is 39.0 Å². The fraction of sp³-hybridized carbons (Fsp3) is 0.720. The van der Waals surface area contributed by atoms with E-state index in [4.69, 9.17) is 4.74 Å². The number of hydrogen-bond donors (Lipinski definition) is 3. The maximum absolute atomic E-state index is 13.8. The van der Waals surface area contributed by atoms with Gasteiger partial charge in [-0.3, -0.25) is 28.8 Å². The van der Waals surface area contributed by atoms with E-state index in [0.29, 0.717) is 45.2 Å². The normalized spacial score (nSPS) is 28.3. The molecule has 0 radical (unpaired) electrons. The number of amides is 4. The number of piperidine rings is 1. The Morgan fingerprint density at radius 3 is 2.50 bits per heavy atom. The summed E-state index contributed by atoms with van der Waals surface area (Å²) in [4.78, 5) is 66.4. The van der Waals surface area contributed by atoms with Crippen molar-refractivity contribution in [2.45, 2.75) is 87.5 Å². The number of hydrogen-bond acceptors (Lipinski definition) is 7. The lowest BCUT2D eigenvalue weighted by atomic mass is 9.75. The molecule has 3 saturated heterocycles. The molecular formula is C25H34FN5O7. The minimum atomic E-state index is -1.42. The molecule has 12 nitrogen and oxygen atoms in total. The van der Waals surface area contributed by atoms with Crippen molar-refractivity contribution in [1.82, 2.24) is 24.7 Å². The van der Waals surface area contributed by atoms with Gasteiger partial charge in [0.25, 0.3) is 11.5 Å². The molecule has 2 atom stereocenters. The highest BCUT2D eigenvalue weighted by Crippen LogP contribution is 2.43. The largest absolute Gasteiger partial charge is 0.388 e. The van der Waals surface area contributed by atoms with E-state index in [1.165, 1.54) is 4.90 Å². The molecule has 1 saturated carbocycles. The van der Waals surface area contributed by atoms with Crippen LogP contribution in [0.4, 0.5) is 9.18 Å². The van der Waals surface area contributed by atoms with E-state index in [1.54, 1.807) is 11.8 Å². The minimum Gasteiger partial charge on any atom is -0.388 e. The number of nitrogens with one attached hydrogen (secondary N) is 2. The van der Waals surface area contributed by atoms with Gasteiger partial charge in [-0.15, -0.1) is 0 Å².